The summed E-state index contributed by atoms with van der Waals surface area (Å²) < 4.78 is 81.5. The van der Waals surface area contributed by atoms with Crippen LogP contribution in [0.3, 0.4) is 0 Å². The predicted molar refractivity (Wildman–Crippen MR) is 109 cm³/mol. The average molecular weight is 489 g/mol. The van der Waals surface area contributed by atoms with Crippen LogP contribution in [0, 0.1) is 0 Å². The van der Waals surface area contributed by atoms with Gasteiger partial charge in [-0.05, 0) is 29.8 Å². The number of carbonyl (C=O) groups excluding carboxylic acids is 1. The van der Waals surface area contributed by atoms with Gasteiger partial charge in [-0.25, -0.2) is 4.68 Å². The van der Waals surface area contributed by atoms with Crippen molar-refractivity contribution in [3.63, 3.8) is 0 Å². The molecular formula is C21H15ClF6N4O. The molecule has 2 atom stereocenters. The van der Waals surface area contributed by atoms with Crippen LogP contribution < -0.4 is 10.6 Å². The van der Waals surface area contributed by atoms with Crippen LogP contribution in [-0.2, 0) is 6.18 Å². The minimum Gasteiger partial charge on any atom is -0.363 e. The molecule has 1 aliphatic heterocycles. The van der Waals surface area contributed by atoms with Gasteiger partial charge in [-0.2, -0.15) is 31.4 Å². The van der Waals surface area contributed by atoms with Crippen molar-refractivity contribution in [2.24, 2.45) is 0 Å². The molecule has 0 saturated heterocycles. The van der Waals surface area contributed by atoms with Gasteiger partial charge >= 0.3 is 12.4 Å². The van der Waals surface area contributed by atoms with Crippen molar-refractivity contribution in [3.05, 3.63) is 76.4 Å². The summed E-state index contributed by atoms with van der Waals surface area (Å²) in [5, 5.41) is 9.16. The van der Waals surface area contributed by atoms with Crippen LogP contribution in [0.5, 0.6) is 0 Å². The summed E-state index contributed by atoms with van der Waals surface area (Å²) in [6.45, 7) is 0. The maximum absolute atomic E-state index is 13.8. The first-order valence-corrected chi connectivity index (χ1v) is 9.97. The van der Waals surface area contributed by atoms with Gasteiger partial charge in [-0.1, -0.05) is 35.9 Å². The van der Waals surface area contributed by atoms with E-state index in [1.165, 1.54) is 6.07 Å². The van der Waals surface area contributed by atoms with Crippen molar-refractivity contribution in [2.75, 3.05) is 10.6 Å². The number of carbonyl (C=O) groups is 1. The number of fused-ring (bicyclic) bond motifs is 1. The number of benzene rings is 2. The highest BCUT2D eigenvalue weighted by molar-refractivity contribution is 6.30. The topological polar surface area (TPSA) is 59.0 Å². The molecule has 174 valence electrons. The van der Waals surface area contributed by atoms with Gasteiger partial charge in [0, 0.05) is 17.5 Å². The Morgan fingerprint density at radius 2 is 1.73 bits per heavy atom. The van der Waals surface area contributed by atoms with Gasteiger partial charge in [-0.3, -0.25) is 4.79 Å². The smallest absolute Gasteiger partial charge is 0.363 e. The molecule has 2 heterocycles. The third kappa shape index (κ3) is 4.77. The molecule has 0 spiro atoms. The molecule has 33 heavy (non-hydrogen) atoms. The standard InChI is InChI=1S/C21H15ClF6N4O/c22-12-7-5-11(6-8-12)15-9-17(21(26,27)28)32-18(29-15)10-16(31-32)19(33)30-14-4-2-1-3-13(14)20(23,24)25/h1-8,10,15,17,29H,9H2,(H,30,33)/t15-,17-/m0/s1. The second-order valence-corrected chi connectivity index (χ2v) is 7.83. The Morgan fingerprint density at radius 1 is 1.06 bits per heavy atom. The van der Waals surface area contributed by atoms with Crippen molar-refractivity contribution < 1.29 is 31.1 Å². The first kappa shape index (κ1) is 23.0. The molecule has 1 aliphatic rings. The number of rotatable bonds is 3. The molecule has 0 aliphatic carbocycles. The number of para-hydroxylation sites is 1. The average Bonchev–Trinajstić information content (AvgIpc) is 3.17. The summed E-state index contributed by atoms with van der Waals surface area (Å²) in [5.74, 6) is -1.16. The Balaban J connectivity index is 1.65. The summed E-state index contributed by atoms with van der Waals surface area (Å²) in [5.41, 5.74) is -1.52. The number of hydrogen-bond acceptors (Lipinski definition) is 3. The lowest BCUT2D eigenvalue weighted by molar-refractivity contribution is -0.173. The van der Waals surface area contributed by atoms with E-state index < -0.39 is 53.7 Å². The molecule has 4 rings (SSSR count). The highest BCUT2D eigenvalue weighted by Crippen LogP contribution is 2.44. The molecule has 0 unspecified atom stereocenters. The van der Waals surface area contributed by atoms with Gasteiger partial charge in [0.15, 0.2) is 11.7 Å². The second kappa shape index (κ2) is 8.29. The van der Waals surface area contributed by atoms with E-state index in [0.717, 1.165) is 24.3 Å². The summed E-state index contributed by atoms with van der Waals surface area (Å²) >= 11 is 5.85. The molecule has 3 aromatic rings. The van der Waals surface area contributed by atoms with Gasteiger partial charge < -0.3 is 10.6 Å². The monoisotopic (exact) mass is 488 g/mol. The van der Waals surface area contributed by atoms with Crippen molar-refractivity contribution in [1.29, 1.82) is 0 Å². The Bertz CT molecular complexity index is 1170. The molecule has 0 fully saturated rings. The van der Waals surface area contributed by atoms with E-state index in [-0.39, 0.29) is 5.82 Å². The second-order valence-electron chi connectivity index (χ2n) is 7.40. The lowest BCUT2D eigenvalue weighted by Crippen LogP contribution is -2.35. The van der Waals surface area contributed by atoms with E-state index in [1.54, 1.807) is 24.3 Å². The molecule has 2 N–H and O–H groups in total. The molecule has 12 heteroatoms. The highest BCUT2D eigenvalue weighted by Gasteiger charge is 2.47. The van der Waals surface area contributed by atoms with Crippen LogP contribution in [0.2, 0.25) is 5.02 Å². The molecule has 0 bridgehead atoms. The normalized spacial score (nSPS) is 18.4. The van der Waals surface area contributed by atoms with E-state index in [4.69, 9.17) is 11.6 Å². The lowest BCUT2D eigenvalue weighted by atomic mass is 9.97. The van der Waals surface area contributed by atoms with Crippen molar-refractivity contribution in [3.8, 4) is 0 Å². The molecule has 5 nitrogen and oxygen atoms in total. The summed E-state index contributed by atoms with van der Waals surface area (Å²) in [7, 11) is 0. The first-order valence-electron chi connectivity index (χ1n) is 9.59. The number of halogens is 7. The van der Waals surface area contributed by atoms with Gasteiger partial charge in [0.2, 0.25) is 0 Å². The van der Waals surface area contributed by atoms with Crippen molar-refractivity contribution in [1.82, 2.24) is 9.78 Å². The molecule has 0 radical (unpaired) electrons. The van der Waals surface area contributed by atoms with Crippen LogP contribution in [-0.4, -0.2) is 21.9 Å². The van der Waals surface area contributed by atoms with Crippen LogP contribution in [0.15, 0.2) is 54.6 Å². The van der Waals surface area contributed by atoms with E-state index in [9.17, 15) is 31.1 Å². The van der Waals surface area contributed by atoms with Gasteiger partial charge in [-0.15, -0.1) is 0 Å². The lowest BCUT2D eigenvalue weighted by Gasteiger charge is -2.33. The van der Waals surface area contributed by atoms with Crippen molar-refractivity contribution in [2.45, 2.75) is 30.9 Å². The summed E-state index contributed by atoms with van der Waals surface area (Å²) in [4.78, 5) is 12.6. The summed E-state index contributed by atoms with van der Waals surface area (Å²) in [6.07, 6.45) is -9.81. The first-order chi connectivity index (χ1) is 15.4. The van der Waals surface area contributed by atoms with E-state index in [2.05, 4.69) is 15.7 Å². The number of nitrogens with one attached hydrogen (secondary N) is 2. The fraction of sp³-hybridized carbons (Fsp3) is 0.238. The Morgan fingerprint density at radius 3 is 2.36 bits per heavy atom. The van der Waals surface area contributed by atoms with E-state index in [1.807, 2.05) is 0 Å². The zero-order chi connectivity index (χ0) is 24.0. The number of alkyl halides is 6. The van der Waals surface area contributed by atoms with E-state index in [0.29, 0.717) is 15.3 Å². The van der Waals surface area contributed by atoms with Gasteiger partial charge in [0.1, 0.15) is 5.82 Å². The number of nitrogens with zero attached hydrogens (tertiary/aromatic N) is 2. The Kier molecular flexibility index (Phi) is 5.77. The molecule has 1 amide bonds. The van der Waals surface area contributed by atoms with E-state index >= 15 is 0 Å². The maximum Gasteiger partial charge on any atom is 0.418 e. The fourth-order valence-electron chi connectivity index (χ4n) is 3.62. The Labute approximate surface area is 188 Å². The largest absolute Gasteiger partial charge is 0.418 e. The molecule has 2 aromatic carbocycles. The molecule has 0 saturated carbocycles. The highest BCUT2D eigenvalue weighted by atomic mass is 35.5. The minimum atomic E-state index is -4.73. The third-order valence-electron chi connectivity index (χ3n) is 5.18. The summed E-state index contributed by atoms with van der Waals surface area (Å²) in [6, 6.07) is 8.82. The van der Waals surface area contributed by atoms with Crippen LogP contribution in [0.4, 0.5) is 37.8 Å². The number of amides is 1. The minimum absolute atomic E-state index is 0.0854. The molecule has 1 aromatic heterocycles. The van der Waals surface area contributed by atoms with Crippen molar-refractivity contribution >= 4 is 29.0 Å². The van der Waals surface area contributed by atoms with Crippen LogP contribution >= 0.6 is 11.6 Å². The maximum atomic E-state index is 13.8. The van der Waals surface area contributed by atoms with Crippen LogP contribution in [0.1, 0.15) is 40.1 Å². The van der Waals surface area contributed by atoms with Gasteiger partial charge in [0.25, 0.3) is 5.91 Å². The quantitative estimate of drug-likeness (QED) is 0.416. The number of anilines is 2. The Hall–Kier alpha value is -3.21. The van der Waals surface area contributed by atoms with Gasteiger partial charge in [0.05, 0.1) is 17.3 Å². The zero-order valence-corrected chi connectivity index (χ0v) is 17.3. The van der Waals surface area contributed by atoms with Crippen LogP contribution in [0.25, 0.3) is 0 Å². The number of hydrogen-bond donors (Lipinski definition) is 2. The predicted octanol–water partition coefficient (Wildman–Crippen LogP) is 6.47. The number of aromatic nitrogens is 2. The molecular weight excluding hydrogens is 474 g/mol. The SMILES string of the molecule is O=C(Nc1ccccc1C(F)(F)F)c1cc2n(n1)[C@H](C(F)(F)F)C[C@@H](c1ccc(Cl)cc1)N2. The zero-order valence-electron chi connectivity index (χ0n) is 16.5. The fourth-order valence-corrected chi connectivity index (χ4v) is 3.75. The third-order valence-corrected chi connectivity index (χ3v) is 5.43.